The molecule has 1 radical (unpaired) electrons. The van der Waals surface area contributed by atoms with Crippen LogP contribution in [-0.4, -0.2) is 9.97 Å². The predicted octanol–water partition coefficient (Wildman–Crippen LogP) is 12.1. The number of pyridine rings is 2. The Morgan fingerprint density at radius 1 is 0.708 bits per heavy atom. The zero-order valence-corrected chi connectivity index (χ0v) is 31.1. The quantitative estimate of drug-likeness (QED) is 0.167. The summed E-state index contributed by atoms with van der Waals surface area (Å²) in [6.45, 7) is 13.3. The number of thiophene rings is 1. The Balaban J connectivity index is 0.000000260. The Hall–Kier alpha value is -4.41. The molecule has 0 atom stereocenters. The van der Waals surface area contributed by atoms with Crippen LogP contribution in [0.4, 0.5) is 0 Å². The molecule has 4 aromatic heterocycles. The van der Waals surface area contributed by atoms with Crippen LogP contribution in [0.25, 0.3) is 65.7 Å². The maximum Gasteiger partial charge on any atom is 0.138 e. The van der Waals surface area contributed by atoms with E-state index >= 15 is 0 Å². The van der Waals surface area contributed by atoms with E-state index in [-0.39, 0.29) is 25.5 Å². The first kappa shape index (κ1) is 33.5. The smallest absolute Gasteiger partial charge is 0.138 e. The molecule has 8 aromatic rings. The SMILES string of the molecule is Cc1cc2ccc3c4cc[c-]c(-c5cc(C(C)(C)C)c(-c6c(C)cccc6C)cn5)c4oc3c2s1.[Ir].[c-]1ccccc1-c1ccccn1. The maximum atomic E-state index is 6.58. The van der Waals surface area contributed by atoms with Gasteiger partial charge in [0.1, 0.15) is 5.58 Å². The van der Waals surface area contributed by atoms with Crippen LogP contribution in [0.3, 0.4) is 0 Å². The van der Waals surface area contributed by atoms with Crippen molar-refractivity contribution in [3.05, 3.63) is 143 Å². The Morgan fingerprint density at radius 3 is 2.19 bits per heavy atom. The minimum atomic E-state index is -0.0514. The van der Waals surface area contributed by atoms with Gasteiger partial charge in [-0.1, -0.05) is 80.3 Å². The summed E-state index contributed by atoms with van der Waals surface area (Å²) >= 11 is 1.79. The first-order valence-corrected chi connectivity index (χ1v) is 16.7. The van der Waals surface area contributed by atoms with Crippen molar-refractivity contribution in [2.24, 2.45) is 0 Å². The van der Waals surface area contributed by atoms with Crippen LogP contribution in [0.15, 0.2) is 114 Å². The number of aromatic nitrogens is 2. The zero-order valence-electron chi connectivity index (χ0n) is 27.9. The van der Waals surface area contributed by atoms with E-state index in [2.05, 4.69) is 107 Å². The summed E-state index contributed by atoms with van der Waals surface area (Å²) in [6, 6.07) is 39.7. The van der Waals surface area contributed by atoms with E-state index in [0.29, 0.717) is 0 Å². The molecule has 0 fully saturated rings. The van der Waals surface area contributed by atoms with Gasteiger partial charge in [0.2, 0.25) is 0 Å². The summed E-state index contributed by atoms with van der Waals surface area (Å²) in [7, 11) is 0. The molecule has 0 spiro atoms. The molecule has 0 aliphatic heterocycles. The summed E-state index contributed by atoms with van der Waals surface area (Å²) in [5, 5.41) is 3.49. The van der Waals surface area contributed by atoms with Crippen molar-refractivity contribution < 1.29 is 24.5 Å². The third-order valence-corrected chi connectivity index (χ3v) is 9.64. The average Bonchev–Trinajstić information content (AvgIpc) is 3.65. The minimum absolute atomic E-state index is 0. The van der Waals surface area contributed by atoms with Gasteiger partial charge >= 0.3 is 0 Å². The molecule has 3 nitrogen and oxygen atoms in total. The van der Waals surface area contributed by atoms with Gasteiger partial charge in [-0.3, -0.25) is 0 Å². The van der Waals surface area contributed by atoms with Crippen molar-refractivity contribution in [2.75, 3.05) is 0 Å². The molecular weight excluding hydrogens is 785 g/mol. The van der Waals surface area contributed by atoms with Crippen molar-refractivity contribution in [1.29, 1.82) is 0 Å². The topological polar surface area (TPSA) is 38.9 Å². The standard InChI is InChI=1S/C32H28NOS.C11H8N.Ir/c1-18-9-7-10-19(2)28(18)25-17-33-27(16-26(25)32(4,5)6)24-12-8-11-22-23-14-13-21-15-20(3)35-31(21)30(23)34-29(22)24;1-2-6-10(7-3-1)11-8-4-5-9-12-11;/h7-11,13-17H,1-6H3;1-6,8-9H;/q2*-1;. The second-order valence-electron chi connectivity index (χ2n) is 13.0. The first-order valence-electron chi connectivity index (χ1n) is 15.9. The second kappa shape index (κ2) is 13.6. The molecule has 0 aliphatic carbocycles. The van der Waals surface area contributed by atoms with E-state index in [1.54, 1.807) is 17.5 Å². The Kier molecular flexibility index (Phi) is 9.49. The Bertz CT molecular complexity index is 2310. The van der Waals surface area contributed by atoms with Gasteiger partial charge < -0.3 is 14.4 Å². The summed E-state index contributed by atoms with van der Waals surface area (Å²) in [4.78, 5) is 10.5. The van der Waals surface area contributed by atoms with Crippen LogP contribution in [0.5, 0.6) is 0 Å². The van der Waals surface area contributed by atoms with Gasteiger partial charge in [-0.2, -0.15) is 0 Å². The van der Waals surface area contributed by atoms with E-state index in [1.165, 1.54) is 42.8 Å². The largest absolute Gasteiger partial charge is 0.499 e. The zero-order chi connectivity index (χ0) is 32.7. The number of fused-ring (bicyclic) bond motifs is 5. The molecule has 48 heavy (non-hydrogen) atoms. The number of hydrogen-bond acceptors (Lipinski definition) is 4. The van der Waals surface area contributed by atoms with E-state index in [0.717, 1.165) is 44.5 Å². The third-order valence-electron chi connectivity index (χ3n) is 8.58. The number of benzene rings is 4. The number of nitrogens with zero attached hydrogens (tertiary/aromatic N) is 2. The van der Waals surface area contributed by atoms with Gasteiger partial charge in [0, 0.05) is 48.3 Å². The maximum absolute atomic E-state index is 6.58. The molecule has 0 saturated heterocycles. The molecule has 5 heteroatoms. The van der Waals surface area contributed by atoms with Crippen LogP contribution in [0.2, 0.25) is 0 Å². The number of aryl methyl sites for hydroxylation is 3. The fourth-order valence-corrected chi connectivity index (χ4v) is 7.34. The summed E-state index contributed by atoms with van der Waals surface area (Å²) in [5.74, 6) is 0. The van der Waals surface area contributed by atoms with Gasteiger partial charge in [0.25, 0.3) is 0 Å². The Labute approximate surface area is 300 Å². The fourth-order valence-electron chi connectivity index (χ4n) is 6.34. The van der Waals surface area contributed by atoms with Crippen LogP contribution >= 0.6 is 11.3 Å². The normalized spacial score (nSPS) is 11.4. The molecule has 4 heterocycles. The van der Waals surface area contributed by atoms with Crippen LogP contribution in [-0.2, 0) is 25.5 Å². The molecule has 0 amide bonds. The molecule has 8 rings (SSSR count). The van der Waals surface area contributed by atoms with Crippen molar-refractivity contribution in [2.45, 2.75) is 47.0 Å². The molecule has 0 aliphatic rings. The molecular formula is C43H36IrN2OS-2. The summed E-state index contributed by atoms with van der Waals surface area (Å²) in [5.41, 5.74) is 11.9. The molecule has 0 bridgehead atoms. The van der Waals surface area contributed by atoms with Crippen molar-refractivity contribution >= 4 is 43.4 Å². The third kappa shape index (κ3) is 6.39. The van der Waals surface area contributed by atoms with Gasteiger partial charge in [-0.25, -0.2) is 0 Å². The fraction of sp³-hybridized carbons (Fsp3) is 0.163. The van der Waals surface area contributed by atoms with E-state index in [1.807, 2.05) is 54.7 Å². The van der Waals surface area contributed by atoms with Gasteiger partial charge in [-0.05, 0) is 77.3 Å². The van der Waals surface area contributed by atoms with E-state index in [4.69, 9.17) is 9.40 Å². The van der Waals surface area contributed by atoms with Crippen LogP contribution < -0.4 is 0 Å². The Morgan fingerprint density at radius 2 is 1.48 bits per heavy atom. The van der Waals surface area contributed by atoms with E-state index in [9.17, 15) is 0 Å². The molecule has 241 valence electrons. The number of hydrogen-bond donors (Lipinski definition) is 0. The van der Waals surface area contributed by atoms with Crippen LogP contribution in [0.1, 0.15) is 42.3 Å². The molecule has 0 N–H and O–H groups in total. The van der Waals surface area contributed by atoms with Gasteiger partial charge in [-0.15, -0.1) is 65.4 Å². The van der Waals surface area contributed by atoms with Crippen molar-refractivity contribution in [3.63, 3.8) is 0 Å². The molecule has 4 aromatic carbocycles. The van der Waals surface area contributed by atoms with Crippen molar-refractivity contribution in [1.82, 2.24) is 9.97 Å². The van der Waals surface area contributed by atoms with Gasteiger partial charge in [0.05, 0.1) is 10.3 Å². The number of furan rings is 1. The number of rotatable bonds is 3. The summed E-state index contributed by atoms with van der Waals surface area (Å²) < 4.78 is 7.79. The molecule has 0 unspecified atom stereocenters. The van der Waals surface area contributed by atoms with Gasteiger partial charge in [0.15, 0.2) is 0 Å². The van der Waals surface area contributed by atoms with E-state index < -0.39 is 0 Å². The predicted molar refractivity (Wildman–Crippen MR) is 198 cm³/mol. The minimum Gasteiger partial charge on any atom is -0.499 e. The molecule has 0 saturated carbocycles. The monoisotopic (exact) mass is 821 g/mol. The van der Waals surface area contributed by atoms with Crippen molar-refractivity contribution in [3.8, 4) is 33.6 Å². The average molecular weight is 821 g/mol. The first-order chi connectivity index (χ1) is 22.7. The van der Waals surface area contributed by atoms with Crippen LogP contribution in [0, 0.1) is 32.9 Å². The second-order valence-corrected chi connectivity index (χ2v) is 14.3. The summed E-state index contributed by atoms with van der Waals surface area (Å²) in [6.07, 6.45) is 3.83.